The second-order valence-corrected chi connectivity index (χ2v) is 6.66. The first-order valence-corrected chi connectivity index (χ1v) is 7.51. The molecule has 1 aliphatic rings. The van der Waals surface area contributed by atoms with Gasteiger partial charge in [-0.25, -0.2) is 4.39 Å². The lowest BCUT2D eigenvalue weighted by atomic mass is 9.77. The zero-order chi connectivity index (χ0) is 16.0. The summed E-state index contributed by atoms with van der Waals surface area (Å²) in [4.78, 5) is 0. The molecule has 2 aromatic carbocycles. The van der Waals surface area contributed by atoms with E-state index in [-0.39, 0.29) is 5.82 Å². The maximum absolute atomic E-state index is 15.0. The lowest BCUT2D eigenvalue weighted by Gasteiger charge is -2.32. The first kappa shape index (κ1) is 15.3. The fraction of sp³-hybridized carbons (Fsp3) is 0.333. The van der Waals surface area contributed by atoms with E-state index in [9.17, 15) is 4.39 Å². The molecule has 0 aromatic heterocycles. The third-order valence-corrected chi connectivity index (χ3v) is 4.62. The Labute approximate surface area is 131 Å². The first-order valence-electron chi connectivity index (χ1n) is 7.51. The lowest BCUT2D eigenvalue weighted by molar-refractivity contribution is 0.00578. The molecule has 114 valence electrons. The van der Waals surface area contributed by atoms with Crippen LogP contribution in [-0.4, -0.2) is 18.3 Å². The average molecular weight is 298 g/mol. The Balaban J connectivity index is 2.01. The lowest BCUT2D eigenvalue weighted by Crippen LogP contribution is -2.41. The zero-order valence-electron chi connectivity index (χ0n) is 13.4. The summed E-state index contributed by atoms with van der Waals surface area (Å²) in [6.07, 6.45) is 0. The van der Waals surface area contributed by atoms with Crippen molar-refractivity contribution in [2.24, 2.45) is 0 Å². The number of halogens is 1. The van der Waals surface area contributed by atoms with E-state index in [1.807, 2.05) is 64.1 Å². The molecule has 22 heavy (non-hydrogen) atoms. The minimum Gasteiger partial charge on any atom is -0.399 e. The van der Waals surface area contributed by atoms with Crippen LogP contribution >= 0.6 is 0 Å². The van der Waals surface area contributed by atoms with Gasteiger partial charge in [-0.15, -0.1) is 0 Å². The summed E-state index contributed by atoms with van der Waals surface area (Å²) in [5.74, 6) is -0.285. The highest BCUT2D eigenvalue weighted by Crippen LogP contribution is 2.37. The van der Waals surface area contributed by atoms with E-state index in [0.29, 0.717) is 11.0 Å². The molecular weight excluding hydrogens is 278 g/mol. The van der Waals surface area contributed by atoms with Gasteiger partial charge in [0.1, 0.15) is 5.82 Å². The molecule has 1 fully saturated rings. The molecule has 1 saturated heterocycles. The van der Waals surface area contributed by atoms with E-state index in [4.69, 9.17) is 9.31 Å². The van der Waals surface area contributed by atoms with Gasteiger partial charge in [0, 0.05) is 11.0 Å². The van der Waals surface area contributed by atoms with E-state index in [1.165, 1.54) is 0 Å². The van der Waals surface area contributed by atoms with E-state index < -0.39 is 18.3 Å². The van der Waals surface area contributed by atoms with Crippen LogP contribution in [0.1, 0.15) is 27.7 Å². The van der Waals surface area contributed by atoms with Crippen LogP contribution in [0.3, 0.4) is 0 Å². The minimum atomic E-state index is -0.686. The molecule has 0 radical (unpaired) electrons. The van der Waals surface area contributed by atoms with Crippen LogP contribution in [0.25, 0.3) is 11.1 Å². The Kier molecular flexibility index (Phi) is 3.62. The maximum atomic E-state index is 15.0. The van der Waals surface area contributed by atoms with Crippen molar-refractivity contribution in [3.05, 3.63) is 54.3 Å². The summed E-state index contributed by atoms with van der Waals surface area (Å²) in [5.41, 5.74) is 0.894. The van der Waals surface area contributed by atoms with Gasteiger partial charge in [-0.2, -0.15) is 0 Å². The third-order valence-electron chi connectivity index (χ3n) is 4.62. The molecule has 0 spiro atoms. The Morgan fingerprint density at radius 1 is 0.818 bits per heavy atom. The van der Waals surface area contributed by atoms with E-state index in [0.717, 1.165) is 5.56 Å². The topological polar surface area (TPSA) is 18.5 Å². The SMILES string of the molecule is CC1(C)OB(c2cccc(-c3ccccc3)c2F)OC1(C)C. The predicted octanol–water partition coefficient (Wildman–Crippen LogP) is 3.79. The molecule has 0 unspecified atom stereocenters. The second kappa shape index (κ2) is 5.22. The highest BCUT2D eigenvalue weighted by atomic mass is 19.1. The van der Waals surface area contributed by atoms with Gasteiger partial charge in [-0.05, 0) is 33.3 Å². The molecule has 2 nitrogen and oxygen atoms in total. The molecule has 0 amide bonds. The highest BCUT2D eigenvalue weighted by molar-refractivity contribution is 6.62. The zero-order valence-corrected chi connectivity index (χ0v) is 13.4. The Hall–Kier alpha value is -1.65. The van der Waals surface area contributed by atoms with Gasteiger partial charge < -0.3 is 9.31 Å². The summed E-state index contributed by atoms with van der Waals surface area (Å²) in [7, 11) is -0.686. The van der Waals surface area contributed by atoms with Gasteiger partial charge in [-0.3, -0.25) is 0 Å². The summed E-state index contributed by atoms with van der Waals surface area (Å²) < 4.78 is 26.9. The van der Waals surface area contributed by atoms with E-state index >= 15 is 0 Å². The standard InChI is InChI=1S/C18H20BFO2/c1-17(2)18(3,4)22-19(21-17)15-12-8-11-14(16(15)20)13-9-6-5-7-10-13/h5-12H,1-4H3. The smallest absolute Gasteiger partial charge is 0.399 e. The minimum absolute atomic E-state index is 0.285. The number of benzene rings is 2. The monoisotopic (exact) mass is 298 g/mol. The molecule has 1 heterocycles. The molecule has 2 aromatic rings. The fourth-order valence-electron chi connectivity index (χ4n) is 2.54. The van der Waals surface area contributed by atoms with Crippen molar-refractivity contribution in [1.29, 1.82) is 0 Å². The van der Waals surface area contributed by atoms with Gasteiger partial charge >= 0.3 is 7.12 Å². The predicted molar refractivity (Wildman–Crippen MR) is 87.6 cm³/mol. The van der Waals surface area contributed by atoms with Crippen LogP contribution < -0.4 is 5.46 Å². The second-order valence-electron chi connectivity index (χ2n) is 6.66. The maximum Gasteiger partial charge on any atom is 0.497 e. The average Bonchev–Trinajstić information content (AvgIpc) is 2.68. The third kappa shape index (κ3) is 2.47. The number of hydrogen-bond donors (Lipinski definition) is 0. The Morgan fingerprint density at radius 2 is 1.41 bits per heavy atom. The van der Waals surface area contributed by atoms with Gasteiger partial charge in [0.15, 0.2) is 0 Å². The quantitative estimate of drug-likeness (QED) is 0.785. The van der Waals surface area contributed by atoms with Gasteiger partial charge in [0.05, 0.1) is 11.2 Å². The van der Waals surface area contributed by atoms with Crippen molar-refractivity contribution in [2.45, 2.75) is 38.9 Å². The molecule has 4 heteroatoms. The van der Waals surface area contributed by atoms with E-state index in [1.54, 1.807) is 12.1 Å². The van der Waals surface area contributed by atoms with Gasteiger partial charge in [-0.1, -0.05) is 48.5 Å². The fourth-order valence-corrected chi connectivity index (χ4v) is 2.54. The summed E-state index contributed by atoms with van der Waals surface area (Å²) in [5, 5.41) is 0. The van der Waals surface area contributed by atoms with Crippen molar-refractivity contribution < 1.29 is 13.7 Å². The molecule has 3 rings (SSSR count). The van der Waals surface area contributed by atoms with Crippen LogP contribution in [0, 0.1) is 5.82 Å². The molecule has 0 aliphatic carbocycles. The molecule has 0 saturated carbocycles. The summed E-state index contributed by atoms with van der Waals surface area (Å²) >= 11 is 0. The summed E-state index contributed by atoms with van der Waals surface area (Å²) in [6.45, 7) is 7.86. The van der Waals surface area contributed by atoms with Crippen molar-refractivity contribution in [2.75, 3.05) is 0 Å². The van der Waals surface area contributed by atoms with Crippen molar-refractivity contribution in [1.82, 2.24) is 0 Å². The van der Waals surface area contributed by atoms with Crippen LogP contribution in [0.15, 0.2) is 48.5 Å². The van der Waals surface area contributed by atoms with Gasteiger partial charge in [0.25, 0.3) is 0 Å². The Bertz CT molecular complexity index is 667. The van der Waals surface area contributed by atoms with Crippen molar-refractivity contribution in [3.63, 3.8) is 0 Å². The molecule has 0 N–H and O–H groups in total. The van der Waals surface area contributed by atoms with Crippen molar-refractivity contribution >= 4 is 12.6 Å². The van der Waals surface area contributed by atoms with Crippen LogP contribution in [-0.2, 0) is 9.31 Å². The van der Waals surface area contributed by atoms with Crippen LogP contribution in [0.2, 0.25) is 0 Å². The highest BCUT2D eigenvalue weighted by Gasteiger charge is 2.52. The van der Waals surface area contributed by atoms with Crippen LogP contribution in [0.5, 0.6) is 0 Å². The number of rotatable bonds is 2. The van der Waals surface area contributed by atoms with Crippen molar-refractivity contribution in [3.8, 4) is 11.1 Å². The molecular formula is C18H20BFO2. The Morgan fingerprint density at radius 3 is 2.00 bits per heavy atom. The molecule has 0 bridgehead atoms. The van der Waals surface area contributed by atoms with Crippen LogP contribution in [0.4, 0.5) is 4.39 Å². The van der Waals surface area contributed by atoms with E-state index in [2.05, 4.69) is 0 Å². The number of hydrogen-bond acceptors (Lipinski definition) is 2. The molecule has 1 aliphatic heterocycles. The first-order chi connectivity index (χ1) is 10.3. The molecule has 0 atom stereocenters. The summed E-state index contributed by atoms with van der Waals surface area (Å²) in [6, 6.07) is 14.8. The van der Waals surface area contributed by atoms with Gasteiger partial charge in [0.2, 0.25) is 0 Å². The normalized spacial score (nSPS) is 19.4. The largest absolute Gasteiger partial charge is 0.497 e.